The highest BCUT2D eigenvalue weighted by Gasteiger charge is 2.79. The lowest BCUT2D eigenvalue weighted by atomic mass is 9.66. The molecule has 1 aromatic carbocycles. The number of amides is 2. The van der Waals surface area contributed by atoms with Crippen molar-refractivity contribution in [1.29, 1.82) is 0 Å². The van der Waals surface area contributed by atoms with E-state index in [4.69, 9.17) is 14.2 Å². The molecule has 4 heterocycles. The Bertz CT molecular complexity index is 1200. The molecule has 1 aromatic rings. The van der Waals surface area contributed by atoms with E-state index in [-0.39, 0.29) is 25.0 Å². The maximum absolute atomic E-state index is 14.7. The second-order valence-corrected chi connectivity index (χ2v) is 12.6. The van der Waals surface area contributed by atoms with Crippen molar-refractivity contribution < 1.29 is 33.7 Å². The second kappa shape index (κ2) is 13.9. The van der Waals surface area contributed by atoms with E-state index in [0.717, 1.165) is 25.9 Å². The minimum Gasteiger partial charge on any atom is -0.465 e. The molecule has 0 saturated carbocycles. The minimum atomic E-state index is -1.21. The van der Waals surface area contributed by atoms with Crippen LogP contribution in [0.4, 0.5) is 0 Å². The Labute approximate surface area is 260 Å². The molecule has 44 heavy (non-hydrogen) atoms. The summed E-state index contributed by atoms with van der Waals surface area (Å²) in [5, 5.41) is 10.7. The number of esters is 1. The zero-order valence-corrected chi connectivity index (χ0v) is 25.9. The summed E-state index contributed by atoms with van der Waals surface area (Å²) in [6, 6.07) is 7.44. The van der Waals surface area contributed by atoms with Crippen LogP contribution < -0.4 is 0 Å². The number of rotatable bonds is 15. The van der Waals surface area contributed by atoms with Crippen molar-refractivity contribution in [3.63, 3.8) is 0 Å². The van der Waals surface area contributed by atoms with Gasteiger partial charge in [-0.1, -0.05) is 42.5 Å². The number of ether oxygens (including phenoxy) is 3. The number of morpholine rings is 1. The van der Waals surface area contributed by atoms with Crippen molar-refractivity contribution in [3.05, 3.63) is 61.2 Å². The standard InChI is InChI=1S/C34H47N3O7/c1-4-6-7-11-21-43-32(41)28-27-30(39)37(26(24-38)25-12-9-8-10-13-25)29(34(27)15-14-33(28,3)44-34)31(40)36(16-5-2)18-17-35-19-22-42-23-20-35/h4-5,8-10,12-13,26-29,38H,1-2,6-7,11,14-24H2,3H3/t26-,27+,28+,29?,33-,34?/m1/s1. The highest BCUT2D eigenvalue weighted by molar-refractivity contribution is 5.98. The number of benzene rings is 1. The summed E-state index contributed by atoms with van der Waals surface area (Å²) in [6.45, 7) is 13.6. The molecular weight excluding hydrogens is 562 g/mol. The van der Waals surface area contributed by atoms with Crippen molar-refractivity contribution in [2.75, 3.05) is 59.2 Å². The monoisotopic (exact) mass is 609 g/mol. The van der Waals surface area contributed by atoms with Crippen LogP contribution in [0, 0.1) is 11.8 Å². The lowest BCUT2D eigenvalue weighted by molar-refractivity contribution is -0.162. The van der Waals surface area contributed by atoms with Crippen LogP contribution in [0.3, 0.4) is 0 Å². The number of hydrogen-bond acceptors (Lipinski definition) is 8. The van der Waals surface area contributed by atoms with Crippen molar-refractivity contribution in [2.24, 2.45) is 11.8 Å². The van der Waals surface area contributed by atoms with Gasteiger partial charge in [0.1, 0.15) is 17.6 Å². The summed E-state index contributed by atoms with van der Waals surface area (Å²) in [7, 11) is 0. The van der Waals surface area contributed by atoms with E-state index >= 15 is 0 Å². The van der Waals surface area contributed by atoms with E-state index in [1.165, 1.54) is 4.90 Å². The number of fused-ring (bicyclic) bond motifs is 1. The van der Waals surface area contributed by atoms with Crippen LogP contribution in [0.5, 0.6) is 0 Å². The van der Waals surface area contributed by atoms with Gasteiger partial charge in [-0.3, -0.25) is 19.3 Å². The Hall–Kier alpha value is -3.05. The molecule has 5 rings (SSSR count). The third-order valence-electron chi connectivity index (χ3n) is 9.89. The number of carbonyl (C=O) groups excluding carboxylic acids is 3. The third kappa shape index (κ3) is 5.97. The van der Waals surface area contributed by atoms with E-state index in [1.54, 1.807) is 11.0 Å². The zero-order chi connectivity index (χ0) is 31.3. The van der Waals surface area contributed by atoms with E-state index < -0.39 is 41.1 Å². The van der Waals surface area contributed by atoms with Crippen LogP contribution in [-0.2, 0) is 28.6 Å². The average Bonchev–Trinajstić information content (AvgIpc) is 3.61. The molecule has 2 bridgehead atoms. The molecule has 2 amide bonds. The number of likely N-dealkylation sites (tertiary alicyclic amines) is 1. The van der Waals surface area contributed by atoms with E-state index in [2.05, 4.69) is 18.1 Å². The Morgan fingerprint density at radius 1 is 1.16 bits per heavy atom. The van der Waals surface area contributed by atoms with E-state index in [0.29, 0.717) is 57.7 Å². The molecule has 10 nitrogen and oxygen atoms in total. The van der Waals surface area contributed by atoms with Gasteiger partial charge in [-0.2, -0.15) is 0 Å². The largest absolute Gasteiger partial charge is 0.465 e. The molecule has 0 aliphatic carbocycles. The first kappa shape index (κ1) is 32.3. The van der Waals surface area contributed by atoms with Gasteiger partial charge in [-0.15, -0.1) is 13.2 Å². The van der Waals surface area contributed by atoms with Gasteiger partial charge < -0.3 is 29.1 Å². The molecule has 1 N–H and O–H groups in total. The molecular formula is C34H47N3O7. The molecule has 2 unspecified atom stereocenters. The van der Waals surface area contributed by atoms with E-state index in [1.807, 2.05) is 43.3 Å². The molecule has 4 fully saturated rings. The maximum Gasteiger partial charge on any atom is 0.312 e. The van der Waals surface area contributed by atoms with Gasteiger partial charge in [0.15, 0.2) is 0 Å². The summed E-state index contributed by atoms with van der Waals surface area (Å²) in [5.41, 5.74) is -1.43. The predicted molar refractivity (Wildman–Crippen MR) is 164 cm³/mol. The number of allylic oxidation sites excluding steroid dienone is 1. The van der Waals surface area contributed by atoms with Crippen LogP contribution in [-0.4, -0.2) is 114 Å². The SMILES string of the molecule is C=CCCCCOC(=O)[C@@H]1[C@H]2C(=O)N([C@H](CO)c3ccccc3)C(C(=O)N(CC=C)CCN3CCOCC3)C23CC[C@@]1(C)O3. The Kier molecular flexibility index (Phi) is 10.2. The fourth-order valence-corrected chi connectivity index (χ4v) is 7.73. The van der Waals surface area contributed by atoms with Crippen molar-refractivity contribution in [2.45, 2.75) is 62.3 Å². The summed E-state index contributed by atoms with van der Waals surface area (Å²) in [4.78, 5) is 48.6. The van der Waals surface area contributed by atoms with Gasteiger partial charge in [0.25, 0.3) is 0 Å². The lowest BCUT2D eigenvalue weighted by Gasteiger charge is -2.40. The smallest absolute Gasteiger partial charge is 0.312 e. The molecule has 1 spiro atoms. The number of unbranched alkanes of at least 4 members (excludes halogenated alkanes) is 2. The van der Waals surface area contributed by atoms with E-state index in [9.17, 15) is 19.5 Å². The van der Waals surface area contributed by atoms with Crippen molar-refractivity contribution in [1.82, 2.24) is 14.7 Å². The van der Waals surface area contributed by atoms with Gasteiger partial charge in [0, 0.05) is 32.7 Å². The highest BCUT2D eigenvalue weighted by Crippen LogP contribution is 2.64. The minimum absolute atomic E-state index is 0.247. The molecule has 240 valence electrons. The van der Waals surface area contributed by atoms with Crippen molar-refractivity contribution >= 4 is 17.8 Å². The zero-order valence-electron chi connectivity index (χ0n) is 25.9. The molecule has 10 heteroatoms. The molecule has 6 atom stereocenters. The molecule has 0 radical (unpaired) electrons. The number of nitrogens with zero attached hydrogens (tertiary/aromatic N) is 3. The number of hydrogen-bond donors (Lipinski definition) is 1. The summed E-state index contributed by atoms with van der Waals surface area (Å²) in [6.07, 6.45) is 6.88. The van der Waals surface area contributed by atoms with Crippen LogP contribution >= 0.6 is 0 Å². The number of aliphatic hydroxyl groups is 1. The molecule has 4 aliphatic rings. The Balaban J connectivity index is 1.49. The van der Waals surface area contributed by atoms with Crippen molar-refractivity contribution in [3.8, 4) is 0 Å². The topological polar surface area (TPSA) is 109 Å². The molecule has 0 aromatic heterocycles. The molecule has 4 saturated heterocycles. The van der Waals surface area contributed by atoms with Gasteiger partial charge in [-0.05, 0) is 44.6 Å². The first-order valence-corrected chi connectivity index (χ1v) is 16.0. The van der Waals surface area contributed by atoms with Gasteiger partial charge in [0.2, 0.25) is 11.8 Å². The van der Waals surface area contributed by atoms with Gasteiger partial charge in [0.05, 0.1) is 44.0 Å². The number of aliphatic hydroxyl groups excluding tert-OH is 1. The fraction of sp³-hybridized carbons (Fsp3) is 0.618. The second-order valence-electron chi connectivity index (χ2n) is 12.6. The van der Waals surface area contributed by atoms with Gasteiger partial charge in [-0.25, -0.2) is 0 Å². The first-order chi connectivity index (χ1) is 21.3. The average molecular weight is 610 g/mol. The Morgan fingerprint density at radius 3 is 2.59 bits per heavy atom. The third-order valence-corrected chi connectivity index (χ3v) is 9.89. The fourth-order valence-electron chi connectivity index (χ4n) is 7.73. The Morgan fingerprint density at radius 2 is 1.91 bits per heavy atom. The van der Waals surface area contributed by atoms with Gasteiger partial charge >= 0.3 is 5.97 Å². The van der Waals surface area contributed by atoms with Crippen LogP contribution in [0.2, 0.25) is 0 Å². The first-order valence-electron chi connectivity index (χ1n) is 16.0. The summed E-state index contributed by atoms with van der Waals surface area (Å²) < 4.78 is 18.0. The lowest BCUT2D eigenvalue weighted by Crippen LogP contribution is -2.58. The summed E-state index contributed by atoms with van der Waals surface area (Å²) >= 11 is 0. The van der Waals surface area contributed by atoms with Crippen LogP contribution in [0.15, 0.2) is 55.6 Å². The maximum atomic E-state index is 14.7. The normalized spacial score (nSPS) is 30.2. The number of carbonyl (C=O) groups is 3. The quantitative estimate of drug-likeness (QED) is 0.184. The summed E-state index contributed by atoms with van der Waals surface area (Å²) in [5.74, 6) is -2.81. The highest BCUT2D eigenvalue weighted by atomic mass is 16.6. The molecule has 4 aliphatic heterocycles. The predicted octanol–water partition coefficient (Wildman–Crippen LogP) is 2.73. The van der Waals surface area contributed by atoms with Crippen LogP contribution in [0.1, 0.15) is 50.6 Å². The van der Waals surface area contributed by atoms with Crippen LogP contribution in [0.25, 0.3) is 0 Å².